The topological polar surface area (TPSA) is 52.3 Å². The molecule has 0 aliphatic heterocycles. The molecule has 0 saturated carbocycles. The lowest BCUT2D eigenvalue weighted by Crippen LogP contribution is -2.03. The normalized spacial score (nSPS) is 12.2. The van der Waals surface area contributed by atoms with E-state index in [0.717, 1.165) is 0 Å². The van der Waals surface area contributed by atoms with Crippen molar-refractivity contribution >= 4 is 28.1 Å². The molecule has 3 nitrogen and oxygen atoms in total. The van der Waals surface area contributed by atoms with E-state index in [1.807, 2.05) is 0 Å². The molecule has 20 heavy (non-hydrogen) atoms. The quantitative estimate of drug-likeness (QED) is 0.880. The highest BCUT2D eigenvalue weighted by atomic mass is 35.5. The molecule has 1 unspecified atom stereocenters. The minimum Gasteiger partial charge on any atom is -0.494 e. The molecule has 2 N–H and O–H groups in total. The van der Waals surface area contributed by atoms with Crippen molar-refractivity contribution in [1.82, 2.24) is 0 Å². The predicted molar refractivity (Wildman–Crippen MR) is 78.9 cm³/mol. The van der Waals surface area contributed by atoms with Crippen LogP contribution in [0.25, 0.3) is 0 Å². The average Bonchev–Trinajstić information content (AvgIpc) is 2.43. The largest absolute Gasteiger partial charge is 0.494 e. The number of anilines is 1. The molecule has 0 saturated heterocycles. The summed E-state index contributed by atoms with van der Waals surface area (Å²) in [5, 5.41) is 0.439. The summed E-state index contributed by atoms with van der Waals surface area (Å²) >= 11 is 5.86. The molecule has 0 aromatic heterocycles. The van der Waals surface area contributed by atoms with E-state index >= 15 is 0 Å². The van der Waals surface area contributed by atoms with Gasteiger partial charge in [0.15, 0.2) is 11.6 Å². The lowest BCUT2D eigenvalue weighted by Gasteiger charge is -2.09. The maximum absolute atomic E-state index is 14.0. The smallest absolute Gasteiger partial charge is 0.169 e. The lowest BCUT2D eigenvalue weighted by atomic mass is 10.2. The Hall–Kier alpha value is -1.59. The van der Waals surface area contributed by atoms with Gasteiger partial charge in [-0.1, -0.05) is 23.7 Å². The summed E-state index contributed by atoms with van der Waals surface area (Å²) in [5.41, 5.74) is 6.45. The fraction of sp³-hybridized carbons (Fsp3) is 0.143. The highest BCUT2D eigenvalue weighted by Gasteiger charge is 2.14. The van der Waals surface area contributed by atoms with Gasteiger partial charge in [0.25, 0.3) is 0 Å². The van der Waals surface area contributed by atoms with Gasteiger partial charge < -0.3 is 10.5 Å². The van der Waals surface area contributed by atoms with Gasteiger partial charge >= 0.3 is 0 Å². The van der Waals surface area contributed by atoms with Crippen LogP contribution in [-0.2, 0) is 16.6 Å². The zero-order valence-corrected chi connectivity index (χ0v) is 12.3. The van der Waals surface area contributed by atoms with Crippen LogP contribution in [0, 0.1) is 5.82 Å². The monoisotopic (exact) mass is 313 g/mol. The van der Waals surface area contributed by atoms with Crippen molar-refractivity contribution in [2.24, 2.45) is 0 Å². The SMILES string of the molecule is COc1cccc(CS(=O)c2cc(Cl)ccc2N)c1F. The molecule has 0 amide bonds. The van der Waals surface area contributed by atoms with E-state index in [1.165, 1.54) is 19.2 Å². The maximum Gasteiger partial charge on any atom is 0.169 e. The number of benzene rings is 2. The van der Waals surface area contributed by atoms with E-state index in [4.69, 9.17) is 22.1 Å². The molecule has 0 bridgehead atoms. The van der Waals surface area contributed by atoms with Gasteiger partial charge in [0.05, 0.1) is 28.6 Å². The van der Waals surface area contributed by atoms with Gasteiger partial charge in [-0.15, -0.1) is 0 Å². The first kappa shape index (κ1) is 14.8. The zero-order valence-electron chi connectivity index (χ0n) is 10.7. The van der Waals surface area contributed by atoms with Crippen molar-refractivity contribution < 1.29 is 13.3 Å². The fourth-order valence-corrected chi connectivity index (χ4v) is 3.24. The van der Waals surface area contributed by atoms with Crippen LogP contribution in [0.2, 0.25) is 5.02 Å². The molecule has 2 rings (SSSR count). The number of methoxy groups -OCH3 is 1. The van der Waals surface area contributed by atoms with Crippen molar-refractivity contribution in [1.29, 1.82) is 0 Å². The second-order valence-corrected chi connectivity index (χ2v) is 5.96. The first-order valence-corrected chi connectivity index (χ1v) is 7.47. The van der Waals surface area contributed by atoms with Gasteiger partial charge in [-0.25, -0.2) is 4.39 Å². The van der Waals surface area contributed by atoms with Crippen molar-refractivity contribution in [2.75, 3.05) is 12.8 Å². The molecule has 1 atom stereocenters. The molecular weight excluding hydrogens is 301 g/mol. The molecule has 0 spiro atoms. The highest BCUT2D eigenvalue weighted by Crippen LogP contribution is 2.26. The highest BCUT2D eigenvalue weighted by molar-refractivity contribution is 7.84. The van der Waals surface area contributed by atoms with Gasteiger partial charge in [-0.2, -0.15) is 0 Å². The lowest BCUT2D eigenvalue weighted by molar-refractivity contribution is 0.385. The van der Waals surface area contributed by atoms with E-state index in [0.29, 0.717) is 21.2 Å². The molecule has 0 aliphatic rings. The van der Waals surface area contributed by atoms with E-state index in [1.54, 1.807) is 24.3 Å². The van der Waals surface area contributed by atoms with Crippen LogP contribution in [0.1, 0.15) is 5.56 Å². The van der Waals surface area contributed by atoms with Gasteiger partial charge in [-0.3, -0.25) is 4.21 Å². The van der Waals surface area contributed by atoms with E-state index in [2.05, 4.69) is 0 Å². The van der Waals surface area contributed by atoms with Crippen LogP contribution in [0.4, 0.5) is 10.1 Å². The molecule has 0 fully saturated rings. The summed E-state index contributed by atoms with van der Waals surface area (Å²) in [4.78, 5) is 0.403. The van der Waals surface area contributed by atoms with Gasteiger partial charge in [0.2, 0.25) is 0 Å². The zero-order chi connectivity index (χ0) is 14.7. The molecule has 0 heterocycles. The number of ether oxygens (including phenoxy) is 1. The second-order valence-electron chi connectivity index (χ2n) is 4.11. The van der Waals surface area contributed by atoms with Crippen molar-refractivity contribution in [3.8, 4) is 5.75 Å². The van der Waals surface area contributed by atoms with Crippen molar-refractivity contribution in [2.45, 2.75) is 10.6 Å². The summed E-state index contributed by atoms with van der Waals surface area (Å²) in [6.07, 6.45) is 0. The maximum atomic E-state index is 14.0. The number of rotatable bonds is 4. The predicted octanol–water partition coefficient (Wildman–Crippen LogP) is 3.38. The van der Waals surface area contributed by atoms with Crippen LogP contribution in [0.15, 0.2) is 41.3 Å². The van der Waals surface area contributed by atoms with Gasteiger partial charge in [0.1, 0.15) is 0 Å². The Kier molecular flexibility index (Phi) is 4.62. The molecule has 2 aromatic rings. The standard InChI is InChI=1S/C14H13ClFNO2S/c1-19-12-4-2-3-9(14(12)16)8-20(18)13-7-10(15)5-6-11(13)17/h2-7H,8,17H2,1H3. The van der Waals surface area contributed by atoms with Crippen molar-refractivity contribution in [3.05, 3.63) is 52.8 Å². The van der Waals surface area contributed by atoms with Crippen LogP contribution >= 0.6 is 11.6 Å². The second kappa shape index (κ2) is 6.24. The average molecular weight is 314 g/mol. The summed E-state index contributed by atoms with van der Waals surface area (Å²) in [7, 11) is -0.0987. The van der Waals surface area contributed by atoms with Crippen LogP contribution < -0.4 is 10.5 Å². The van der Waals surface area contributed by atoms with Gasteiger partial charge in [-0.05, 0) is 24.3 Å². The molecule has 2 aromatic carbocycles. The van der Waals surface area contributed by atoms with Crippen LogP contribution in [0.5, 0.6) is 5.75 Å². The summed E-state index contributed by atoms with van der Waals surface area (Å²) in [5.74, 6) is -0.379. The Morgan fingerprint density at radius 1 is 1.35 bits per heavy atom. The van der Waals surface area contributed by atoms with Gasteiger partial charge in [0, 0.05) is 16.3 Å². The number of hydrogen-bond acceptors (Lipinski definition) is 3. The Morgan fingerprint density at radius 2 is 2.10 bits per heavy atom. The van der Waals surface area contributed by atoms with E-state index in [-0.39, 0.29) is 11.5 Å². The minimum atomic E-state index is -1.48. The van der Waals surface area contributed by atoms with E-state index in [9.17, 15) is 8.60 Å². The Labute approximate surface area is 124 Å². The molecule has 6 heteroatoms. The Bertz CT molecular complexity index is 664. The number of halogens is 2. The van der Waals surface area contributed by atoms with E-state index < -0.39 is 16.6 Å². The summed E-state index contributed by atoms with van der Waals surface area (Å²) in [6.45, 7) is 0. The first-order chi connectivity index (χ1) is 9.52. The minimum absolute atomic E-state index is 0.00752. The summed E-state index contributed by atoms with van der Waals surface area (Å²) in [6, 6.07) is 9.45. The first-order valence-electron chi connectivity index (χ1n) is 5.77. The molecule has 106 valence electrons. The fourth-order valence-electron chi connectivity index (χ4n) is 1.75. The Morgan fingerprint density at radius 3 is 2.80 bits per heavy atom. The van der Waals surface area contributed by atoms with Crippen LogP contribution in [-0.4, -0.2) is 11.3 Å². The summed E-state index contributed by atoms with van der Waals surface area (Å²) < 4.78 is 31.2. The number of nitrogen functional groups attached to an aromatic ring is 1. The number of nitrogens with two attached hydrogens (primary N) is 1. The van der Waals surface area contributed by atoms with Crippen LogP contribution in [0.3, 0.4) is 0 Å². The third-order valence-electron chi connectivity index (χ3n) is 2.77. The van der Waals surface area contributed by atoms with Crippen molar-refractivity contribution in [3.63, 3.8) is 0 Å². The Balaban J connectivity index is 2.30. The molecule has 0 aliphatic carbocycles. The number of hydrogen-bond donors (Lipinski definition) is 1. The molecule has 0 radical (unpaired) electrons. The molecular formula is C14H13ClFNO2S. The third kappa shape index (κ3) is 3.11. The third-order valence-corrected chi connectivity index (χ3v) is 4.42.